The van der Waals surface area contributed by atoms with Crippen LogP contribution in [-0.2, 0) is 4.79 Å². The summed E-state index contributed by atoms with van der Waals surface area (Å²) in [6.45, 7) is 0.200. The van der Waals surface area contributed by atoms with Gasteiger partial charge in [-0.25, -0.2) is 8.78 Å². The van der Waals surface area contributed by atoms with Crippen molar-refractivity contribution in [2.24, 2.45) is 0 Å². The summed E-state index contributed by atoms with van der Waals surface area (Å²) in [7, 11) is 3.16. The minimum Gasteiger partial charge on any atom is -0.373 e. The Morgan fingerprint density at radius 2 is 1.57 bits per heavy atom. The van der Waals surface area contributed by atoms with E-state index >= 15 is 0 Å². The lowest BCUT2D eigenvalue weighted by atomic mass is 10.1. The Labute approximate surface area is 172 Å². The molecule has 1 atom stereocenters. The predicted molar refractivity (Wildman–Crippen MR) is 100 cm³/mol. The van der Waals surface area contributed by atoms with E-state index in [1.54, 1.807) is 19.4 Å². The van der Waals surface area contributed by atoms with E-state index in [9.17, 15) is 36.6 Å². The number of anilines is 1. The molecule has 162 valence electrons. The third-order valence-corrected chi connectivity index (χ3v) is 5.07. The lowest BCUT2D eigenvalue weighted by molar-refractivity contribution is -0.242. The van der Waals surface area contributed by atoms with Gasteiger partial charge in [-0.1, -0.05) is 11.8 Å². The molecule has 0 aliphatic rings. The van der Waals surface area contributed by atoms with Crippen LogP contribution in [0.25, 0.3) is 0 Å². The first-order chi connectivity index (χ1) is 13.8. The van der Waals surface area contributed by atoms with Crippen LogP contribution in [0.3, 0.4) is 0 Å². The number of aliphatic hydroxyl groups is 1. The molecule has 2 amide bonds. The zero-order valence-corrected chi connectivity index (χ0v) is 16.8. The number of nitrogens with zero attached hydrogens (tertiary/aromatic N) is 1. The third kappa shape index (κ3) is 4.90. The van der Waals surface area contributed by atoms with Gasteiger partial charge in [-0.3, -0.25) is 9.59 Å². The van der Waals surface area contributed by atoms with E-state index in [0.717, 1.165) is 23.9 Å². The van der Waals surface area contributed by atoms with Gasteiger partial charge in [0, 0.05) is 24.6 Å². The Morgan fingerprint density at radius 3 is 2.07 bits per heavy atom. The average molecular weight is 448 g/mol. The first-order valence-corrected chi connectivity index (χ1v) is 9.15. The van der Waals surface area contributed by atoms with Crippen molar-refractivity contribution in [1.82, 2.24) is 4.90 Å². The van der Waals surface area contributed by atoms with Crippen molar-refractivity contribution in [2.45, 2.75) is 28.5 Å². The standard InChI is InChI=1S/C19H17F5N2O3S/c1-18(29,19(22,23)24)17(28)25-12-8-9-13(15(21)14(12)20)30-11-6-4-10(5-7-11)16(27)26(2)3/h4-9,29H,1-3H3,(H,25,28)/t18-/m1/s1. The van der Waals surface area contributed by atoms with E-state index in [-0.39, 0.29) is 17.7 Å². The zero-order chi connectivity index (χ0) is 22.9. The highest BCUT2D eigenvalue weighted by Crippen LogP contribution is 2.35. The zero-order valence-electron chi connectivity index (χ0n) is 16.0. The Bertz CT molecular complexity index is 960. The Hall–Kier alpha value is -2.66. The average Bonchev–Trinajstić information content (AvgIpc) is 2.66. The van der Waals surface area contributed by atoms with E-state index < -0.39 is 35.0 Å². The molecule has 2 rings (SSSR count). The molecule has 11 heteroatoms. The summed E-state index contributed by atoms with van der Waals surface area (Å²) in [5, 5.41) is 10.8. The van der Waals surface area contributed by atoms with Crippen molar-refractivity contribution in [1.29, 1.82) is 0 Å². The van der Waals surface area contributed by atoms with Crippen LogP contribution >= 0.6 is 11.8 Å². The molecule has 0 aromatic heterocycles. The van der Waals surface area contributed by atoms with Gasteiger partial charge in [0.25, 0.3) is 11.8 Å². The number of benzene rings is 2. The number of carbonyl (C=O) groups is 2. The summed E-state index contributed by atoms with van der Waals surface area (Å²) >= 11 is 0.813. The Balaban J connectivity index is 2.21. The van der Waals surface area contributed by atoms with Gasteiger partial charge in [-0.15, -0.1) is 0 Å². The van der Waals surface area contributed by atoms with Gasteiger partial charge in [0.15, 0.2) is 11.6 Å². The van der Waals surface area contributed by atoms with Gasteiger partial charge in [0.1, 0.15) is 0 Å². The maximum absolute atomic E-state index is 14.3. The quantitative estimate of drug-likeness (QED) is 0.677. The van der Waals surface area contributed by atoms with Crippen molar-refractivity contribution in [2.75, 3.05) is 19.4 Å². The third-order valence-electron chi connectivity index (χ3n) is 4.02. The smallest absolute Gasteiger partial charge is 0.373 e. The molecule has 0 saturated carbocycles. The maximum atomic E-state index is 14.3. The number of nitrogens with one attached hydrogen (secondary N) is 1. The monoisotopic (exact) mass is 448 g/mol. The number of hydrogen-bond acceptors (Lipinski definition) is 4. The SMILES string of the molecule is CN(C)C(=O)c1ccc(Sc2ccc(NC(=O)[C@@](C)(O)C(F)(F)F)c(F)c2F)cc1. The Kier molecular flexibility index (Phi) is 6.77. The molecule has 30 heavy (non-hydrogen) atoms. The second-order valence-electron chi connectivity index (χ2n) is 6.59. The van der Waals surface area contributed by atoms with Gasteiger partial charge in [0.2, 0.25) is 5.60 Å². The van der Waals surface area contributed by atoms with Crippen LogP contribution < -0.4 is 5.32 Å². The molecule has 0 unspecified atom stereocenters. The molecule has 0 spiro atoms. The number of amides is 2. The first-order valence-electron chi connectivity index (χ1n) is 8.34. The molecule has 2 aromatic rings. The highest BCUT2D eigenvalue weighted by atomic mass is 32.2. The lowest BCUT2D eigenvalue weighted by Gasteiger charge is -2.25. The van der Waals surface area contributed by atoms with Gasteiger partial charge in [-0.2, -0.15) is 13.2 Å². The fourth-order valence-electron chi connectivity index (χ4n) is 2.13. The molecule has 0 aliphatic carbocycles. The lowest BCUT2D eigenvalue weighted by Crippen LogP contribution is -2.52. The van der Waals surface area contributed by atoms with Crippen LogP contribution in [0.4, 0.5) is 27.6 Å². The second kappa shape index (κ2) is 8.60. The van der Waals surface area contributed by atoms with Gasteiger partial charge in [-0.05, 0) is 43.3 Å². The molecule has 0 radical (unpaired) electrons. The number of rotatable bonds is 5. The van der Waals surface area contributed by atoms with Crippen LogP contribution in [0.1, 0.15) is 17.3 Å². The summed E-state index contributed by atoms with van der Waals surface area (Å²) in [5.74, 6) is -5.16. The summed E-state index contributed by atoms with van der Waals surface area (Å²) in [6.07, 6.45) is -5.30. The van der Waals surface area contributed by atoms with Crippen LogP contribution in [0.2, 0.25) is 0 Å². The van der Waals surface area contributed by atoms with Gasteiger partial charge in [0.05, 0.1) is 10.6 Å². The van der Waals surface area contributed by atoms with Crippen molar-refractivity contribution in [3.8, 4) is 0 Å². The highest BCUT2D eigenvalue weighted by Gasteiger charge is 2.55. The van der Waals surface area contributed by atoms with Gasteiger partial charge < -0.3 is 15.3 Å². The fourth-order valence-corrected chi connectivity index (χ4v) is 2.97. The minimum absolute atomic E-state index is 0.195. The summed E-state index contributed by atoms with van der Waals surface area (Å²) in [6, 6.07) is 8.01. The summed E-state index contributed by atoms with van der Waals surface area (Å²) < 4.78 is 66.7. The molecule has 0 fully saturated rings. The van der Waals surface area contributed by atoms with E-state index in [0.29, 0.717) is 10.5 Å². The molecule has 0 bridgehead atoms. The minimum atomic E-state index is -5.30. The fraction of sp³-hybridized carbons (Fsp3) is 0.263. The molecular formula is C19H17F5N2O3S. The van der Waals surface area contributed by atoms with Crippen LogP contribution in [0.5, 0.6) is 0 Å². The van der Waals surface area contributed by atoms with Crippen molar-refractivity contribution in [3.63, 3.8) is 0 Å². The topological polar surface area (TPSA) is 69.6 Å². The molecule has 0 aliphatic heterocycles. The normalized spacial score (nSPS) is 13.5. The molecule has 5 nitrogen and oxygen atoms in total. The Morgan fingerprint density at radius 1 is 1.00 bits per heavy atom. The molecule has 0 heterocycles. The number of hydrogen-bond donors (Lipinski definition) is 2. The van der Waals surface area contributed by atoms with Crippen molar-refractivity contribution < 1.29 is 36.6 Å². The van der Waals surface area contributed by atoms with Crippen molar-refractivity contribution in [3.05, 3.63) is 53.6 Å². The van der Waals surface area contributed by atoms with E-state index in [4.69, 9.17) is 0 Å². The van der Waals surface area contributed by atoms with Crippen molar-refractivity contribution >= 4 is 29.3 Å². The molecular weight excluding hydrogens is 431 g/mol. The van der Waals surface area contributed by atoms with Gasteiger partial charge >= 0.3 is 6.18 Å². The molecule has 2 aromatic carbocycles. The maximum Gasteiger partial charge on any atom is 0.426 e. The first kappa shape index (κ1) is 23.6. The van der Waals surface area contributed by atoms with E-state index in [1.165, 1.54) is 29.2 Å². The van der Waals surface area contributed by atoms with Crippen LogP contribution in [-0.4, -0.2) is 47.7 Å². The van der Waals surface area contributed by atoms with Crippen LogP contribution in [0.15, 0.2) is 46.2 Å². The highest BCUT2D eigenvalue weighted by molar-refractivity contribution is 7.99. The van der Waals surface area contributed by atoms with Crippen LogP contribution in [0, 0.1) is 11.6 Å². The molecule has 0 saturated heterocycles. The number of halogens is 5. The summed E-state index contributed by atoms with van der Waals surface area (Å²) in [4.78, 5) is 25.2. The van der Waals surface area contributed by atoms with E-state index in [1.807, 2.05) is 0 Å². The molecule has 2 N–H and O–H groups in total. The van der Waals surface area contributed by atoms with E-state index in [2.05, 4.69) is 0 Å². The largest absolute Gasteiger partial charge is 0.426 e. The summed E-state index contributed by atoms with van der Waals surface area (Å²) in [5.41, 5.74) is -4.24. The number of alkyl halides is 3. The second-order valence-corrected chi connectivity index (χ2v) is 7.70. The number of carbonyl (C=O) groups excluding carboxylic acids is 2. The predicted octanol–water partition coefficient (Wildman–Crippen LogP) is 4.07.